The van der Waals surface area contributed by atoms with Gasteiger partial charge < -0.3 is 15.0 Å². The minimum absolute atomic E-state index is 0.0223. The van der Waals surface area contributed by atoms with Crippen molar-refractivity contribution in [1.29, 1.82) is 0 Å². The normalized spacial score (nSPS) is 19.1. The van der Waals surface area contributed by atoms with Crippen molar-refractivity contribution >= 4 is 11.8 Å². The maximum atomic E-state index is 12.8. The minimum Gasteiger partial charge on any atom is -0.367 e. The second-order valence-electron chi connectivity index (χ2n) is 7.92. The highest BCUT2D eigenvalue weighted by Crippen LogP contribution is 2.31. The van der Waals surface area contributed by atoms with Gasteiger partial charge in [-0.1, -0.05) is 49.2 Å². The van der Waals surface area contributed by atoms with E-state index in [1.165, 1.54) is 12.8 Å². The largest absolute Gasteiger partial charge is 0.367 e. The molecule has 2 amide bonds. The smallest absolute Gasteiger partial charge is 0.248 e. The molecule has 0 spiro atoms. The molecule has 1 aliphatic carbocycles. The molecule has 1 atom stereocenters. The molecule has 2 aliphatic rings. The highest BCUT2D eigenvalue weighted by molar-refractivity contribution is 5.82. The second kappa shape index (κ2) is 11.1. The van der Waals surface area contributed by atoms with Gasteiger partial charge in [0.05, 0.1) is 12.6 Å². The van der Waals surface area contributed by atoms with Crippen LogP contribution in [-0.2, 0) is 20.9 Å². The summed E-state index contributed by atoms with van der Waals surface area (Å²) in [7, 11) is 0. The number of benzene rings is 1. The standard InChI is InChI=1S/C23H33N3O3/c1-2-12-24-23(28)22(20-10-6-7-11-20)26-15-13-25(14-16-26)21(27)18-29-17-19-8-4-3-5-9-19/h2-5,8-9,20,22H,1,6-7,10-18H2,(H,24,28). The zero-order valence-electron chi connectivity index (χ0n) is 17.2. The van der Waals surface area contributed by atoms with E-state index in [-0.39, 0.29) is 24.5 Å². The molecule has 0 radical (unpaired) electrons. The predicted octanol–water partition coefficient (Wildman–Crippen LogP) is 2.21. The number of ether oxygens (including phenoxy) is 1. The van der Waals surface area contributed by atoms with Crippen LogP contribution >= 0.6 is 0 Å². The van der Waals surface area contributed by atoms with E-state index in [1.54, 1.807) is 6.08 Å². The average Bonchev–Trinajstić information content (AvgIpc) is 3.28. The SMILES string of the molecule is C=CCNC(=O)C(C1CCCC1)N1CCN(C(=O)COCc2ccccc2)CC1. The summed E-state index contributed by atoms with van der Waals surface area (Å²) < 4.78 is 5.59. The van der Waals surface area contributed by atoms with Crippen molar-refractivity contribution in [3.05, 3.63) is 48.6 Å². The van der Waals surface area contributed by atoms with Crippen molar-refractivity contribution in [2.75, 3.05) is 39.3 Å². The minimum atomic E-state index is -0.0935. The number of amides is 2. The van der Waals surface area contributed by atoms with Gasteiger partial charge >= 0.3 is 0 Å². The van der Waals surface area contributed by atoms with E-state index in [2.05, 4.69) is 16.8 Å². The van der Waals surface area contributed by atoms with Crippen molar-refractivity contribution in [3.8, 4) is 0 Å². The zero-order chi connectivity index (χ0) is 20.5. The maximum Gasteiger partial charge on any atom is 0.248 e. The van der Waals surface area contributed by atoms with Crippen LogP contribution < -0.4 is 5.32 Å². The van der Waals surface area contributed by atoms with Gasteiger partial charge in [0.25, 0.3) is 0 Å². The fourth-order valence-electron chi connectivity index (χ4n) is 4.40. The molecule has 1 saturated carbocycles. The Morgan fingerprint density at radius 3 is 2.48 bits per heavy atom. The van der Waals surface area contributed by atoms with Crippen LogP contribution in [0, 0.1) is 5.92 Å². The number of hydrogen-bond acceptors (Lipinski definition) is 4. The monoisotopic (exact) mass is 399 g/mol. The fourth-order valence-corrected chi connectivity index (χ4v) is 4.40. The van der Waals surface area contributed by atoms with Crippen LogP contribution in [0.25, 0.3) is 0 Å². The van der Waals surface area contributed by atoms with Gasteiger partial charge in [-0.05, 0) is 24.3 Å². The molecule has 0 bridgehead atoms. The van der Waals surface area contributed by atoms with E-state index < -0.39 is 0 Å². The molecular formula is C23H33N3O3. The van der Waals surface area contributed by atoms with E-state index in [9.17, 15) is 9.59 Å². The molecule has 6 nitrogen and oxygen atoms in total. The van der Waals surface area contributed by atoms with Crippen LogP contribution in [0.15, 0.2) is 43.0 Å². The van der Waals surface area contributed by atoms with Crippen LogP contribution in [-0.4, -0.2) is 67.0 Å². The number of carbonyl (C=O) groups excluding carboxylic acids is 2. The molecule has 158 valence electrons. The summed E-state index contributed by atoms with van der Waals surface area (Å²) in [5.41, 5.74) is 1.06. The van der Waals surface area contributed by atoms with Gasteiger partial charge in [-0.15, -0.1) is 6.58 Å². The van der Waals surface area contributed by atoms with Crippen LogP contribution in [0.4, 0.5) is 0 Å². The molecule has 1 heterocycles. The maximum absolute atomic E-state index is 12.8. The number of nitrogens with zero attached hydrogens (tertiary/aromatic N) is 2. The van der Waals surface area contributed by atoms with Gasteiger partial charge in [-0.3, -0.25) is 14.5 Å². The van der Waals surface area contributed by atoms with Crippen molar-refractivity contribution < 1.29 is 14.3 Å². The van der Waals surface area contributed by atoms with Crippen LogP contribution in [0.1, 0.15) is 31.2 Å². The first-order chi connectivity index (χ1) is 14.2. The first-order valence-corrected chi connectivity index (χ1v) is 10.7. The number of carbonyl (C=O) groups is 2. The molecule has 1 aromatic rings. The Balaban J connectivity index is 1.47. The summed E-state index contributed by atoms with van der Waals surface area (Å²) in [6.07, 6.45) is 6.34. The molecule has 3 rings (SSSR count). The second-order valence-corrected chi connectivity index (χ2v) is 7.92. The van der Waals surface area contributed by atoms with Gasteiger partial charge in [0, 0.05) is 32.7 Å². The van der Waals surface area contributed by atoms with Crippen molar-refractivity contribution in [3.63, 3.8) is 0 Å². The highest BCUT2D eigenvalue weighted by atomic mass is 16.5. The summed E-state index contributed by atoms with van der Waals surface area (Å²) in [4.78, 5) is 29.4. The number of piperazine rings is 1. The Hall–Kier alpha value is -2.18. The molecule has 2 fully saturated rings. The molecule has 6 heteroatoms. The number of rotatable bonds is 9. The van der Waals surface area contributed by atoms with Gasteiger partial charge in [-0.2, -0.15) is 0 Å². The highest BCUT2D eigenvalue weighted by Gasteiger charge is 2.37. The van der Waals surface area contributed by atoms with E-state index in [0.29, 0.717) is 32.2 Å². The van der Waals surface area contributed by atoms with E-state index in [1.807, 2.05) is 35.2 Å². The van der Waals surface area contributed by atoms with E-state index in [0.717, 1.165) is 31.5 Å². The Morgan fingerprint density at radius 2 is 1.83 bits per heavy atom. The first kappa shape index (κ1) is 21.5. The number of nitrogens with one attached hydrogen (secondary N) is 1. The van der Waals surface area contributed by atoms with Gasteiger partial charge in [0.15, 0.2) is 0 Å². The van der Waals surface area contributed by atoms with Crippen LogP contribution in [0.5, 0.6) is 0 Å². The lowest BCUT2D eigenvalue weighted by molar-refractivity contribution is -0.139. The van der Waals surface area contributed by atoms with Crippen molar-refractivity contribution in [1.82, 2.24) is 15.1 Å². The molecule has 1 unspecified atom stereocenters. The Bertz CT molecular complexity index is 665. The summed E-state index contributed by atoms with van der Waals surface area (Å²) in [5, 5.41) is 2.98. The molecule has 1 aliphatic heterocycles. The van der Waals surface area contributed by atoms with E-state index >= 15 is 0 Å². The molecule has 29 heavy (non-hydrogen) atoms. The molecule has 1 saturated heterocycles. The van der Waals surface area contributed by atoms with Crippen molar-refractivity contribution in [2.24, 2.45) is 5.92 Å². The third kappa shape index (κ3) is 6.15. The topological polar surface area (TPSA) is 61.9 Å². The van der Waals surface area contributed by atoms with Crippen LogP contribution in [0.3, 0.4) is 0 Å². The lowest BCUT2D eigenvalue weighted by atomic mass is 9.95. The van der Waals surface area contributed by atoms with Gasteiger partial charge in [-0.25, -0.2) is 0 Å². The fraction of sp³-hybridized carbons (Fsp3) is 0.565. The lowest BCUT2D eigenvalue weighted by Gasteiger charge is -2.40. The predicted molar refractivity (Wildman–Crippen MR) is 113 cm³/mol. The average molecular weight is 400 g/mol. The Kier molecular flexibility index (Phi) is 8.25. The summed E-state index contributed by atoms with van der Waals surface area (Å²) in [5.74, 6) is 0.535. The quantitative estimate of drug-likeness (QED) is 0.647. The molecule has 1 aromatic carbocycles. The number of hydrogen-bond donors (Lipinski definition) is 1. The van der Waals surface area contributed by atoms with Crippen molar-refractivity contribution in [2.45, 2.75) is 38.3 Å². The summed E-state index contributed by atoms with van der Waals surface area (Å²) >= 11 is 0. The van der Waals surface area contributed by atoms with Gasteiger partial charge in [0.1, 0.15) is 6.61 Å². The first-order valence-electron chi connectivity index (χ1n) is 10.7. The molecular weight excluding hydrogens is 366 g/mol. The summed E-state index contributed by atoms with van der Waals surface area (Å²) in [6.45, 7) is 7.48. The Labute approximate surface area is 173 Å². The zero-order valence-corrected chi connectivity index (χ0v) is 17.2. The molecule has 1 N–H and O–H groups in total. The lowest BCUT2D eigenvalue weighted by Crippen LogP contribution is -2.58. The Morgan fingerprint density at radius 1 is 1.14 bits per heavy atom. The molecule has 0 aromatic heterocycles. The van der Waals surface area contributed by atoms with Gasteiger partial charge in [0.2, 0.25) is 11.8 Å². The van der Waals surface area contributed by atoms with Crippen LogP contribution in [0.2, 0.25) is 0 Å². The summed E-state index contributed by atoms with van der Waals surface area (Å²) in [6, 6.07) is 9.78. The third-order valence-electron chi connectivity index (χ3n) is 5.93. The third-order valence-corrected chi connectivity index (χ3v) is 5.93. The van der Waals surface area contributed by atoms with E-state index in [4.69, 9.17) is 4.74 Å².